The molecular formula is C17H19ClN2O. The third-order valence-corrected chi connectivity index (χ3v) is 3.52. The summed E-state index contributed by atoms with van der Waals surface area (Å²) < 4.78 is 0. The Morgan fingerprint density at radius 2 is 1.67 bits per heavy atom. The fourth-order valence-corrected chi connectivity index (χ4v) is 2.23. The van der Waals surface area contributed by atoms with E-state index in [0.717, 1.165) is 22.5 Å². The summed E-state index contributed by atoms with van der Waals surface area (Å²) in [5, 5.41) is 6.87. The number of aryl methyl sites for hydroxylation is 2. The molecule has 0 aliphatic rings. The first kappa shape index (κ1) is 15.4. The summed E-state index contributed by atoms with van der Waals surface area (Å²) in [6.45, 7) is 4.57. The van der Waals surface area contributed by atoms with E-state index < -0.39 is 0 Å². The standard InChI is InChI=1S/C17H19ClN2O/c1-12-4-3-5-13(2)17(12)20-16(21)10-11-19-15-8-6-14(18)7-9-15/h3-9,19H,10-11H2,1-2H3,(H,20,21). The van der Waals surface area contributed by atoms with Gasteiger partial charge in [-0.25, -0.2) is 0 Å². The van der Waals surface area contributed by atoms with E-state index in [1.54, 1.807) is 0 Å². The molecule has 0 aliphatic heterocycles. The highest BCUT2D eigenvalue weighted by atomic mass is 35.5. The van der Waals surface area contributed by atoms with Gasteiger partial charge in [0.15, 0.2) is 0 Å². The van der Waals surface area contributed by atoms with Gasteiger partial charge in [-0.3, -0.25) is 4.79 Å². The Bertz CT molecular complexity index is 603. The molecule has 0 saturated heterocycles. The Morgan fingerprint density at radius 1 is 1.05 bits per heavy atom. The first-order chi connectivity index (χ1) is 10.1. The van der Waals surface area contributed by atoms with Gasteiger partial charge in [0.05, 0.1) is 0 Å². The van der Waals surface area contributed by atoms with Gasteiger partial charge >= 0.3 is 0 Å². The largest absolute Gasteiger partial charge is 0.385 e. The molecule has 2 N–H and O–H groups in total. The van der Waals surface area contributed by atoms with Gasteiger partial charge in [-0.15, -0.1) is 0 Å². The molecule has 0 atom stereocenters. The first-order valence-electron chi connectivity index (χ1n) is 6.92. The Kier molecular flexibility index (Phi) is 5.23. The summed E-state index contributed by atoms with van der Waals surface area (Å²) in [5.74, 6) is 0.00821. The van der Waals surface area contributed by atoms with Crippen molar-refractivity contribution in [2.45, 2.75) is 20.3 Å². The summed E-state index contributed by atoms with van der Waals surface area (Å²) in [6.07, 6.45) is 0.413. The van der Waals surface area contributed by atoms with E-state index >= 15 is 0 Å². The lowest BCUT2D eigenvalue weighted by atomic mass is 10.1. The quantitative estimate of drug-likeness (QED) is 0.859. The lowest BCUT2D eigenvalue weighted by Crippen LogP contribution is -2.17. The van der Waals surface area contributed by atoms with Crippen LogP contribution < -0.4 is 10.6 Å². The number of amides is 1. The zero-order chi connectivity index (χ0) is 15.2. The fraction of sp³-hybridized carbons (Fsp3) is 0.235. The fourth-order valence-electron chi connectivity index (χ4n) is 2.10. The molecular weight excluding hydrogens is 284 g/mol. The van der Waals surface area contributed by atoms with Gasteiger partial charge in [-0.2, -0.15) is 0 Å². The number of hydrogen-bond donors (Lipinski definition) is 2. The van der Waals surface area contributed by atoms with Crippen LogP contribution in [0, 0.1) is 13.8 Å². The summed E-state index contributed by atoms with van der Waals surface area (Å²) >= 11 is 5.82. The van der Waals surface area contributed by atoms with Crippen molar-refractivity contribution >= 4 is 28.9 Å². The summed E-state index contributed by atoms with van der Waals surface area (Å²) in [7, 11) is 0. The lowest BCUT2D eigenvalue weighted by Gasteiger charge is -2.12. The van der Waals surface area contributed by atoms with Crippen molar-refractivity contribution in [2.24, 2.45) is 0 Å². The Labute approximate surface area is 130 Å². The SMILES string of the molecule is Cc1cccc(C)c1NC(=O)CCNc1ccc(Cl)cc1. The van der Waals surface area contributed by atoms with Crippen LogP contribution in [0.1, 0.15) is 17.5 Å². The van der Waals surface area contributed by atoms with Gasteiger partial charge in [-0.1, -0.05) is 29.8 Å². The number of carbonyl (C=O) groups is 1. The number of rotatable bonds is 5. The molecule has 2 aromatic rings. The second kappa shape index (κ2) is 7.14. The van der Waals surface area contributed by atoms with Crippen LogP contribution in [-0.2, 0) is 4.79 Å². The molecule has 0 unspecified atom stereocenters. The molecule has 110 valence electrons. The predicted octanol–water partition coefficient (Wildman–Crippen LogP) is 4.40. The molecule has 3 nitrogen and oxygen atoms in total. The molecule has 1 amide bonds. The van der Waals surface area contributed by atoms with Crippen LogP contribution in [0.15, 0.2) is 42.5 Å². The van der Waals surface area contributed by atoms with Gasteiger partial charge in [-0.05, 0) is 49.2 Å². The summed E-state index contributed by atoms with van der Waals surface area (Å²) in [5.41, 5.74) is 4.02. The normalized spacial score (nSPS) is 10.2. The Morgan fingerprint density at radius 3 is 2.29 bits per heavy atom. The van der Waals surface area contributed by atoms with Gasteiger partial charge in [0.1, 0.15) is 0 Å². The topological polar surface area (TPSA) is 41.1 Å². The van der Waals surface area contributed by atoms with Crippen LogP contribution in [0.25, 0.3) is 0 Å². The monoisotopic (exact) mass is 302 g/mol. The van der Waals surface area contributed by atoms with E-state index in [-0.39, 0.29) is 5.91 Å². The molecule has 2 aromatic carbocycles. The minimum Gasteiger partial charge on any atom is -0.385 e. The highest BCUT2D eigenvalue weighted by Crippen LogP contribution is 2.19. The molecule has 0 fully saturated rings. The maximum atomic E-state index is 12.0. The van der Waals surface area contributed by atoms with Crippen LogP contribution >= 0.6 is 11.6 Å². The van der Waals surface area contributed by atoms with Crippen molar-refractivity contribution < 1.29 is 4.79 Å². The van der Waals surface area contributed by atoms with Crippen molar-refractivity contribution in [3.8, 4) is 0 Å². The van der Waals surface area contributed by atoms with E-state index in [1.807, 2.05) is 56.3 Å². The van der Waals surface area contributed by atoms with E-state index in [4.69, 9.17) is 11.6 Å². The average molecular weight is 303 g/mol. The lowest BCUT2D eigenvalue weighted by molar-refractivity contribution is -0.115. The van der Waals surface area contributed by atoms with Gasteiger partial charge in [0.25, 0.3) is 0 Å². The number of nitrogens with one attached hydrogen (secondary N) is 2. The first-order valence-corrected chi connectivity index (χ1v) is 7.29. The second-order valence-corrected chi connectivity index (χ2v) is 5.44. The minimum absolute atomic E-state index is 0.00821. The third kappa shape index (κ3) is 4.50. The summed E-state index contributed by atoms with van der Waals surface area (Å²) in [4.78, 5) is 12.0. The maximum Gasteiger partial charge on any atom is 0.226 e. The van der Waals surface area contributed by atoms with E-state index in [0.29, 0.717) is 18.0 Å². The molecule has 0 aliphatic carbocycles. The molecule has 0 bridgehead atoms. The number of benzene rings is 2. The number of anilines is 2. The zero-order valence-corrected chi connectivity index (χ0v) is 13.0. The molecule has 4 heteroatoms. The molecule has 2 rings (SSSR count). The smallest absolute Gasteiger partial charge is 0.226 e. The van der Waals surface area contributed by atoms with Crippen LogP contribution in [0.3, 0.4) is 0 Å². The van der Waals surface area contributed by atoms with E-state index in [2.05, 4.69) is 10.6 Å². The van der Waals surface area contributed by atoms with Crippen molar-refractivity contribution in [3.05, 3.63) is 58.6 Å². The second-order valence-electron chi connectivity index (χ2n) is 5.00. The van der Waals surface area contributed by atoms with Crippen LogP contribution in [0.2, 0.25) is 5.02 Å². The molecule has 0 spiro atoms. The Balaban J connectivity index is 1.84. The van der Waals surface area contributed by atoms with Crippen LogP contribution in [0.4, 0.5) is 11.4 Å². The van der Waals surface area contributed by atoms with Crippen molar-refractivity contribution in [3.63, 3.8) is 0 Å². The maximum absolute atomic E-state index is 12.0. The molecule has 0 saturated carbocycles. The van der Waals surface area contributed by atoms with E-state index in [9.17, 15) is 4.79 Å². The highest BCUT2D eigenvalue weighted by molar-refractivity contribution is 6.30. The van der Waals surface area contributed by atoms with Gasteiger partial charge in [0.2, 0.25) is 5.91 Å². The molecule has 0 heterocycles. The molecule has 0 radical (unpaired) electrons. The minimum atomic E-state index is 0.00821. The highest BCUT2D eigenvalue weighted by Gasteiger charge is 2.06. The van der Waals surface area contributed by atoms with Crippen molar-refractivity contribution in [1.29, 1.82) is 0 Å². The average Bonchev–Trinajstić information content (AvgIpc) is 2.45. The van der Waals surface area contributed by atoms with Crippen molar-refractivity contribution in [1.82, 2.24) is 0 Å². The summed E-state index contributed by atoms with van der Waals surface area (Å²) in [6, 6.07) is 13.4. The van der Waals surface area contributed by atoms with Gasteiger partial charge < -0.3 is 10.6 Å². The number of para-hydroxylation sites is 1. The van der Waals surface area contributed by atoms with Crippen LogP contribution in [0.5, 0.6) is 0 Å². The number of carbonyl (C=O) groups excluding carboxylic acids is 1. The van der Waals surface area contributed by atoms with E-state index in [1.165, 1.54) is 0 Å². The van der Waals surface area contributed by atoms with Gasteiger partial charge in [0, 0.05) is 29.4 Å². The number of halogens is 1. The third-order valence-electron chi connectivity index (χ3n) is 3.27. The zero-order valence-electron chi connectivity index (χ0n) is 12.2. The van der Waals surface area contributed by atoms with Crippen LogP contribution in [-0.4, -0.2) is 12.5 Å². The number of hydrogen-bond acceptors (Lipinski definition) is 2. The predicted molar refractivity (Wildman–Crippen MR) is 89.1 cm³/mol. The molecule has 21 heavy (non-hydrogen) atoms. The van der Waals surface area contributed by atoms with Crippen molar-refractivity contribution in [2.75, 3.05) is 17.2 Å². The Hall–Kier alpha value is -2.00. The molecule has 0 aromatic heterocycles.